The van der Waals surface area contributed by atoms with Crippen LogP contribution in [0.4, 0.5) is 0 Å². The maximum Gasteiger partial charge on any atom is 0.306 e. The minimum atomic E-state index is -0.820. The van der Waals surface area contributed by atoms with Crippen molar-refractivity contribution in [1.29, 1.82) is 0 Å². The van der Waals surface area contributed by atoms with Gasteiger partial charge in [0.15, 0.2) is 6.10 Å². The van der Waals surface area contributed by atoms with E-state index in [4.69, 9.17) is 14.2 Å². The maximum atomic E-state index is 12.9. The van der Waals surface area contributed by atoms with Gasteiger partial charge in [0.05, 0.1) is 0 Å². The van der Waals surface area contributed by atoms with Crippen molar-refractivity contribution in [3.8, 4) is 0 Å². The molecular formula is C75H120O6. The fraction of sp³-hybridized carbons (Fsp3) is 0.613. The van der Waals surface area contributed by atoms with E-state index >= 15 is 0 Å². The van der Waals surface area contributed by atoms with Gasteiger partial charge in [-0.05, 0) is 135 Å². The lowest BCUT2D eigenvalue weighted by Gasteiger charge is -2.18. The number of hydrogen-bond acceptors (Lipinski definition) is 6. The molecule has 1 unspecified atom stereocenters. The van der Waals surface area contributed by atoms with Crippen molar-refractivity contribution >= 4 is 17.9 Å². The zero-order valence-electron chi connectivity index (χ0n) is 52.2. The highest BCUT2D eigenvalue weighted by Crippen LogP contribution is 2.15. The van der Waals surface area contributed by atoms with Crippen molar-refractivity contribution in [2.24, 2.45) is 0 Å². The number of hydrogen-bond donors (Lipinski definition) is 0. The third kappa shape index (κ3) is 65.7. The predicted octanol–water partition coefficient (Wildman–Crippen LogP) is 22.9. The van der Waals surface area contributed by atoms with Crippen LogP contribution in [0.1, 0.15) is 278 Å². The van der Waals surface area contributed by atoms with E-state index in [1.165, 1.54) is 96.3 Å². The van der Waals surface area contributed by atoms with Gasteiger partial charge in [-0.1, -0.05) is 281 Å². The van der Waals surface area contributed by atoms with E-state index in [1.807, 2.05) is 0 Å². The van der Waals surface area contributed by atoms with E-state index in [0.717, 1.165) is 135 Å². The van der Waals surface area contributed by atoms with Gasteiger partial charge >= 0.3 is 17.9 Å². The summed E-state index contributed by atoms with van der Waals surface area (Å²) in [6.45, 7) is 6.32. The Kier molecular flexibility index (Phi) is 63.4. The van der Waals surface area contributed by atoms with Gasteiger partial charge in [0.25, 0.3) is 0 Å². The Morgan fingerprint density at radius 2 is 0.494 bits per heavy atom. The summed E-state index contributed by atoms with van der Waals surface area (Å²) in [5.41, 5.74) is 0. The molecule has 0 aromatic heterocycles. The summed E-state index contributed by atoms with van der Waals surface area (Å²) in [4.78, 5) is 38.3. The van der Waals surface area contributed by atoms with Gasteiger partial charge in [-0.25, -0.2) is 0 Å². The van der Waals surface area contributed by atoms with Crippen LogP contribution in [0.3, 0.4) is 0 Å². The number of rotatable bonds is 58. The Balaban J connectivity index is 4.36. The largest absolute Gasteiger partial charge is 0.462 e. The van der Waals surface area contributed by atoms with Crippen LogP contribution >= 0.6 is 0 Å². The Labute approximate surface area is 499 Å². The molecule has 0 radical (unpaired) electrons. The molecule has 0 N–H and O–H groups in total. The number of ether oxygens (including phenoxy) is 3. The lowest BCUT2D eigenvalue weighted by atomic mass is 10.0. The number of unbranched alkanes of at least 4 members (excludes halogenated alkanes) is 21. The second kappa shape index (κ2) is 67.5. The van der Waals surface area contributed by atoms with Gasteiger partial charge in [-0.2, -0.15) is 0 Å². The number of allylic oxidation sites excluding steroid dienone is 26. The van der Waals surface area contributed by atoms with E-state index in [0.29, 0.717) is 19.3 Å². The highest BCUT2D eigenvalue weighted by molar-refractivity contribution is 5.71. The molecule has 0 bridgehead atoms. The van der Waals surface area contributed by atoms with Gasteiger partial charge < -0.3 is 14.2 Å². The van der Waals surface area contributed by atoms with Crippen LogP contribution in [0.5, 0.6) is 0 Å². The van der Waals surface area contributed by atoms with Crippen molar-refractivity contribution < 1.29 is 28.6 Å². The Bertz CT molecular complexity index is 1810. The number of carbonyl (C=O) groups is 3. The van der Waals surface area contributed by atoms with Crippen LogP contribution in [0.2, 0.25) is 0 Å². The third-order valence-electron chi connectivity index (χ3n) is 13.5. The second-order valence-corrected chi connectivity index (χ2v) is 21.3. The van der Waals surface area contributed by atoms with Crippen LogP contribution < -0.4 is 0 Å². The fourth-order valence-electron chi connectivity index (χ4n) is 8.62. The molecule has 0 saturated carbocycles. The maximum absolute atomic E-state index is 12.9. The van der Waals surface area contributed by atoms with Crippen molar-refractivity contribution in [1.82, 2.24) is 0 Å². The van der Waals surface area contributed by atoms with Crippen molar-refractivity contribution in [2.75, 3.05) is 13.2 Å². The monoisotopic (exact) mass is 1120 g/mol. The molecule has 0 aliphatic rings. The molecule has 6 heteroatoms. The standard InChI is InChI=1S/C75H120O6/c1-4-7-10-13-16-19-22-24-26-28-30-32-34-35-36-37-38-39-41-42-44-46-48-50-53-56-59-62-65-68-74(77)80-71-72(70-79-73(76)67-64-61-58-55-52-21-18-15-12-9-6-3)81-75(78)69-66-63-60-57-54-51-49-47-45-43-40-33-31-29-27-25-23-20-17-14-11-8-5-2/h7-8,10-11,15-20,24-27,30-33,35-36,43,45,49,51,57,60,72H,4-6,9,12-14,21-23,28-29,34,37-42,44,46-48,50,52-56,58-59,61-71H2,1-3H3/b10-7-,11-8-,18-15-,19-16-,20-17-,26-24-,27-25-,32-30-,33-31-,36-35-,45-43-,51-49-,60-57-. The van der Waals surface area contributed by atoms with E-state index in [-0.39, 0.29) is 37.5 Å². The molecular weight excluding hydrogens is 997 g/mol. The molecule has 0 aliphatic carbocycles. The van der Waals surface area contributed by atoms with E-state index < -0.39 is 6.10 Å². The Morgan fingerprint density at radius 1 is 0.259 bits per heavy atom. The molecule has 0 heterocycles. The molecule has 0 spiro atoms. The number of esters is 3. The SMILES string of the molecule is CC/C=C\C/C=C\C/C=C\C/C=C\C/C=C\C/C=C\C/C=C\CCCC(=O)OC(COC(=O)CCCCCCC/C=C\CCCC)COC(=O)CCCCCCCCCCCCCCC/C=C\C/C=C\C/C=C\C/C=C\C/C=C\CC. The third-order valence-corrected chi connectivity index (χ3v) is 13.5. The quantitative estimate of drug-likeness (QED) is 0.0261. The first-order valence-electron chi connectivity index (χ1n) is 33.0. The summed E-state index contributed by atoms with van der Waals surface area (Å²) in [5, 5.41) is 0. The first kappa shape index (κ1) is 76.0. The van der Waals surface area contributed by atoms with Crippen LogP contribution in [0.15, 0.2) is 158 Å². The summed E-state index contributed by atoms with van der Waals surface area (Å²) in [7, 11) is 0. The molecule has 0 fully saturated rings. The van der Waals surface area contributed by atoms with Gasteiger partial charge in [-0.15, -0.1) is 0 Å². The molecule has 6 nitrogen and oxygen atoms in total. The van der Waals surface area contributed by atoms with E-state index in [2.05, 4.69) is 179 Å². The molecule has 1 atom stereocenters. The van der Waals surface area contributed by atoms with Gasteiger partial charge in [-0.3, -0.25) is 14.4 Å². The summed E-state index contributed by atoms with van der Waals surface area (Å²) in [6.07, 6.45) is 98.4. The van der Waals surface area contributed by atoms with E-state index in [9.17, 15) is 14.4 Å². The normalized spacial score (nSPS) is 13.2. The Morgan fingerprint density at radius 3 is 0.802 bits per heavy atom. The van der Waals surface area contributed by atoms with Crippen LogP contribution in [0, 0.1) is 0 Å². The van der Waals surface area contributed by atoms with Crippen molar-refractivity contribution in [3.63, 3.8) is 0 Å². The van der Waals surface area contributed by atoms with Gasteiger partial charge in [0.2, 0.25) is 0 Å². The lowest BCUT2D eigenvalue weighted by Crippen LogP contribution is -2.30. The molecule has 0 saturated heterocycles. The summed E-state index contributed by atoms with van der Waals surface area (Å²) < 4.78 is 16.8. The van der Waals surface area contributed by atoms with Gasteiger partial charge in [0.1, 0.15) is 13.2 Å². The fourth-order valence-corrected chi connectivity index (χ4v) is 8.62. The second-order valence-electron chi connectivity index (χ2n) is 21.3. The molecule has 0 aromatic rings. The topological polar surface area (TPSA) is 78.9 Å². The summed E-state index contributed by atoms with van der Waals surface area (Å²) in [6, 6.07) is 0. The highest BCUT2D eigenvalue weighted by atomic mass is 16.6. The van der Waals surface area contributed by atoms with Crippen molar-refractivity contribution in [3.05, 3.63) is 158 Å². The average molecular weight is 1120 g/mol. The number of carbonyl (C=O) groups excluding carboxylic acids is 3. The average Bonchev–Trinajstić information content (AvgIpc) is 3.47. The smallest absolute Gasteiger partial charge is 0.306 e. The molecule has 456 valence electrons. The lowest BCUT2D eigenvalue weighted by molar-refractivity contribution is -0.167. The highest BCUT2D eigenvalue weighted by Gasteiger charge is 2.19. The van der Waals surface area contributed by atoms with Crippen molar-refractivity contribution in [2.45, 2.75) is 284 Å². The summed E-state index contributed by atoms with van der Waals surface area (Å²) >= 11 is 0. The first-order chi connectivity index (χ1) is 40.0. The zero-order valence-corrected chi connectivity index (χ0v) is 52.2. The van der Waals surface area contributed by atoms with Gasteiger partial charge in [0, 0.05) is 19.3 Å². The molecule has 0 rings (SSSR count). The van der Waals surface area contributed by atoms with Crippen LogP contribution in [-0.4, -0.2) is 37.2 Å². The summed E-state index contributed by atoms with van der Waals surface area (Å²) in [5.74, 6) is -0.982. The Hall–Kier alpha value is -4.97. The molecule has 0 aliphatic heterocycles. The first-order valence-corrected chi connectivity index (χ1v) is 33.0. The van der Waals surface area contributed by atoms with Crippen LogP contribution in [-0.2, 0) is 28.6 Å². The zero-order chi connectivity index (χ0) is 58.5. The minimum Gasteiger partial charge on any atom is -0.462 e. The molecule has 0 aromatic carbocycles. The predicted molar refractivity (Wildman–Crippen MR) is 352 cm³/mol. The van der Waals surface area contributed by atoms with E-state index in [1.54, 1.807) is 0 Å². The molecule has 81 heavy (non-hydrogen) atoms. The minimum absolute atomic E-state index is 0.109. The molecule has 0 amide bonds. The van der Waals surface area contributed by atoms with Crippen LogP contribution in [0.25, 0.3) is 0 Å².